The van der Waals surface area contributed by atoms with Crippen molar-refractivity contribution in [2.45, 2.75) is 0 Å². The molecule has 0 spiro atoms. The molecule has 0 aliphatic carbocycles. The maximum Gasteiger partial charge on any atom is 0.195 e. The fraction of sp³-hybridized carbons (Fsp3) is 0. The lowest BCUT2D eigenvalue weighted by Crippen LogP contribution is -2.01. The number of halogens is 2. The summed E-state index contributed by atoms with van der Waals surface area (Å²) in [6.07, 6.45) is 0. The SMILES string of the molecule is O=c1cc(F)[nH]c(I)c1. The number of H-pyrrole nitrogens is 1. The molecule has 0 aliphatic heterocycles. The lowest BCUT2D eigenvalue weighted by molar-refractivity contribution is 0.579. The molecule has 1 aromatic rings. The van der Waals surface area contributed by atoms with Crippen molar-refractivity contribution in [2.75, 3.05) is 0 Å². The quantitative estimate of drug-likeness (QED) is 0.534. The van der Waals surface area contributed by atoms with E-state index < -0.39 is 5.95 Å². The van der Waals surface area contributed by atoms with Gasteiger partial charge in [-0.3, -0.25) is 4.79 Å². The van der Waals surface area contributed by atoms with Crippen molar-refractivity contribution in [3.63, 3.8) is 0 Å². The molecule has 0 aliphatic rings. The van der Waals surface area contributed by atoms with Gasteiger partial charge >= 0.3 is 0 Å². The fourth-order valence-corrected chi connectivity index (χ4v) is 1.04. The Labute approximate surface area is 64.2 Å². The largest absolute Gasteiger partial charge is 0.327 e. The van der Waals surface area contributed by atoms with Crippen LogP contribution in [0.5, 0.6) is 0 Å². The molecule has 0 saturated heterocycles. The average Bonchev–Trinajstić information content (AvgIpc) is 1.59. The summed E-state index contributed by atoms with van der Waals surface area (Å²) in [6, 6.07) is 2.23. The Morgan fingerprint density at radius 2 is 2.22 bits per heavy atom. The Bertz CT molecular complexity index is 247. The van der Waals surface area contributed by atoms with E-state index in [0.29, 0.717) is 3.70 Å². The van der Waals surface area contributed by atoms with E-state index in [1.165, 1.54) is 6.07 Å². The molecule has 48 valence electrons. The van der Waals surface area contributed by atoms with Gasteiger partial charge < -0.3 is 4.98 Å². The molecular weight excluding hydrogens is 236 g/mol. The summed E-state index contributed by atoms with van der Waals surface area (Å²) in [6.45, 7) is 0. The van der Waals surface area contributed by atoms with Gasteiger partial charge in [-0.1, -0.05) is 0 Å². The highest BCUT2D eigenvalue weighted by atomic mass is 127. The maximum absolute atomic E-state index is 12.2. The number of rotatable bonds is 0. The Morgan fingerprint density at radius 3 is 2.67 bits per heavy atom. The zero-order valence-electron chi connectivity index (χ0n) is 4.32. The third-order valence-electron chi connectivity index (χ3n) is 0.777. The topological polar surface area (TPSA) is 32.9 Å². The van der Waals surface area contributed by atoms with Crippen LogP contribution in [-0.2, 0) is 0 Å². The van der Waals surface area contributed by atoms with Gasteiger partial charge in [0.15, 0.2) is 11.4 Å². The molecule has 1 aromatic heterocycles. The van der Waals surface area contributed by atoms with Crippen LogP contribution in [0.3, 0.4) is 0 Å². The van der Waals surface area contributed by atoms with Gasteiger partial charge in [-0.25, -0.2) is 0 Å². The second-order valence-electron chi connectivity index (χ2n) is 1.51. The number of aromatic amines is 1. The van der Waals surface area contributed by atoms with Crippen LogP contribution in [0.15, 0.2) is 16.9 Å². The molecule has 0 aromatic carbocycles. The van der Waals surface area contributed by atoms with Crippen molar-refractivity contribution in [3.05, 3.63) is 32.0 Å². The van der Waals surface area contributed by atoms with Crippen molar-refractivity contribution in [2.24, 2.45) is 0 Å². The van der Waals surface area contributed by atoms with E-state index in [4.69, 9.17) is 0 Å². The maximum atomic E-state index is 12.2. The molecule has 0 fully saturated rings. The minimum atomic E-state index is -0.591. The third kappa shape index (κ3) is 1.78. The van der Waals surface area contributed by atoms with Crippen LogP contribution in [0, 0.1) is 9.65 Å². The highest BCUT2D eigenvalue weighted by molar-refractivity contribution is 14.1. The first-order valence-electron chi connectivity index (χ1n) is 2.24. The number of aromatic nitrogens is 1. The third-order valence-corrected chi connectivity index (χ3v) is 1.36. The molecule has 0 atom stereocenters. The summed E-state index contributed by atoms with van der Waals surface area (Å²) < 4.78 is 12.7. The van der Waals surface area contributed by atoms with Crippen molar-refractivity contribution in [1.82, 2.24) is 4.98 Å². The van der Waals surface area contributed by atoms with Crippen molar-refractivity contribution in [3.8, 4) is 0 Å². The lowest BCUT2D eigenvalue weighted by atomic mass is 10.5. The fourth-order valence-electron chi connectivity index (χ4n) is 0.478. The Kier molecular flexibility index (Phi) is 1.84. The molecule has 9 heavy (non-hydrogen) atoms. The highest BCUT2D eigenvalue weighted by Crippen LogP contribution is 1.95. The van der Waals surface area contributed by atoms with Crippen LogP contribution in [0.4, 0.5) is 4.39 Å². The van der Waals surface area contributed by atoms with Gasteiger partial charge in [0.25, 0.3) is 0 Å². The van der Waals surface area contributed by atoms with Gasteiger partial charge in [0.2, 0.25) is 0 Å². The van der Waals surface area contributed by atoms with Gasteiger partial charge in [-0.2, -0.15) is 4.39 Å². The normalized spacial score (nSPS) is 9.56. The summed E-state index contributed by atoms with van der Waals surface area (Å²) in [5.41, 5.74) is -0.310. The summed E-state index contributed by atoms with van der Waals surface area (Å²) in [4.78, 5) is 12.8. The molecule has 0 amide bonds. The van der Waals surface area contributed by atoms with Gasteiger partial charge in [0.05, 0.1) is 3.70 Å². The van der Waals surface area contributed by atoms with E-state index in [2.05, 4.69) is 4.98 Å². The van der Waals surface area contributed by atoms with E-state index in [-0.39, 0.29) is 5.43 Å². The number of hydrogen-bond acceptors (Lipinski definition) is 1. The Balaban J connectivity index is 3.33. The van der Waals surface area contributed by atoms with E-state index >= 15 is 0 Å². The molecule has 0 bridgehead atoms. The van der Waals surface area contributed by atoms with Crippen LogP contribution >= 0.6 is 22.6 Å². The van der Waals surface area contributed by atoms with Crippen molar-refractivity contribution < 1.29 is 4.39 Å². The van der Waals surface area contributed by atoms with Crippen LogP contribution in [0.1, 0.15) is 0 Å². The number of nitrogens with one attached hydrogen (secondary N) is 1. The van der Waals surface area contributed by atoms with Gasteiger partial charge in [0, 0.05) is 12.1 Å². The number of hydrogen-bond donors (Lipinski definition) is 1. The van der Waals surface area contributed by atoms with Crippen LogP contribution in [-0.4, -0.2) is 4.98 Å². The first-order valence-corrected chi connectivity index (χ1v) is 3.32. The second-order valence-corrected chi connectivity index (χ2v) is 2.67. The van der Waals surface area contributed by atoms with Crippen molar-refractivity contribution in [1.29, 1.82) is 0 Å². The minimum absolute atomic E-state index is 0.310. The van der Waals surface area contributed by atoms with E-state index in [0.717, 1.165) is 6.07 Å². The molecule has 1 N–H and O–H groups in total. The zero-order chi connectivity index (χ0) is 6.85. The molecular formula is C5H3FINO. The molecule has 0 radical (unpaired) electrons. The van der Waals surface area contributed by atoms with Crippen LogP contribution in [0.25, 0.3) is 0 Å². The summed E-state index contributed by atoms with van der Waals surface area (Å²) in [5, 5.41) is 0. The van der Waals surface area contributed by atoms with Gasteiger partial charge in [-0.15, -0.1) is 0 Å². The first-order chi connectivity index (χ1) is 4.18. The highest BCUT2D eigenvalue weighted by Gasteiger charge is 1.91. The predicted molar refractivity (Wildman–Crippen MR) is 39.7 cm³/mol. The smallest absolute Gasteiger partial charge is 0.195 e. The molecule has 0 unspecified atom stereocenters. The van der Waals surface area contributed by atoms with Gasteiger partial charge in [0.1, 0.15) is 0 Å². The zero-order valence-corrected chi connectivity index (χ0v) is 6.48. The van der Waals surface area contributed by atoms with Crippen molar-refractivity contribution >= 4 is 22.6 Å². The molecule has 4 heteroatoms. The summed E-state index contributed by atoms with van der Waals surface area (Å²) in [7, 11) is 0. The summed E-state index contributed by atoms with van der Waals surface area (Å²) in [5.74, 6) is -0.591. The van der Waals surface area contributed by atoms with E-state index in [9.17, 15) is 9.18 Å². The molecule has 1 heterocycles. The second kappa shape index (κ2) is 2.47. The Hall–Kier alpha value is -0.390. The average molecular weight is 239 g/mol. The van der Waals surface area contributed by atoms with Crippen LogP contribution in [0.2, 0.25) is 0 Å². The standard InChI is InChI=1S/C5H3FINO/c6-4-1-3(9)2-5(7)8-4/h1-2H,(H,8,9). The van der Waals surface area contributed by atoms with Crippen LogP contribution < -0.4 is 5.43 Å². The molecule has 1 rings (SSSR count). The first kappa shape index (κ1) is 6.73. The van der Waals surface area contributed by atoms with Gasteiger partial charge in [-0.05, 0) is 22.6 Å². The lowest BCUT2D eigenvalue weighted by Gasteiger charge is -1.87. The van der Waals surface area contributed by atoms with E-state index in [1.54, 1.807) is 0 Å². The summed E-state index contributed by atoms with van der Waals surface area (Å²) >= 11 is 1.84. The Morgan fingerprint density at radius 1 is 1.56 bits per heavy atom. The monoisotopic (exact) mass is 239 g/mol. The predicted octanol–water partition coefficient (Wildman–Crippen LogP) is 1.12. The number of pyridine rings is 1. The molecule has 0 saturated carbocycles. The van der Waals surface area contributed by atoms with E-state index in [1.807, 2.05) is 22.6 Å². The molecule has 2 nitrogen and oxygen atoms in total. The minimum Gasteiger partial charge on any atom is -0.327 e.